The van der Waals surface area contributed by atoms with Crippen LogP contribution in [0.1, 0.15) is 6.42 Å². The van der Waals surface area contributed by atoms with Gasteiger partial charge >= 0.3 is 0 Å². The normalized spacial score (nSPS) is 10.5. The topological polar surface area (TPSA) is 54.9 Å². The second-order valence-corrected chi connectivity index (χ2v) is 7.01. The molecule has 1 N–H and O–H groups in total. The number of halogens is 1. The van der Waals surface area contributed by atoms with E-state index in [9.17, 15) is 4.79 Å². The van der Waals surface area contributed by atoms with Crippen molar-refractivity contribution in [3.8, 4) is 0 Å². The van der Waals surface area contributed by atoms with Crippen molar-refractivity contribution in [2.24, 2.45) is 0 Å². The average Bonchev–Trinajstić information content (AvgIpc) is 2.86. The Kier molecular flexibility index (Phi) is 6.15. The van der Waals surface area contributed by atoms with Crippen LogP contribution in [0.5, 0.6) is 0 Å². The third-order valence-corrected chi connectivity index (χ3v) is 4.97. The fourth-order valence-electron chi connectivity index (χ4n) is 1.36. The van der Waals surface area contributed by atoms with Crippen LogP contribution in [-0.2, 0) is 4.79 Å². The van der Waals surface area contributed by atoms with E-state index in [1.165, 1.54) is 23.3 Å². The molecule has 0 aliphatic carbocycles. The van der Waals surface area contributed by atoms with Gasteiger partial charge in [0.05, 0.1) is 0 Å². The Hall–Kier alpha value is -0.760. The smallest absolute Gasteiger partial charge is 0.225 e. The van der Waals surface area contributed by atoms with Gasteiger partial charge in [0.15, 0.2) is 4.34 Å². The lowest BCUT2D eigenvalue weighted by molar-refractivity contribution is -0.115. The van der Waals surface area contributed by atoms with Crippen molar-refractivity contribution in [3.63, 3.8) is 0 Å². The minimum absolute atomic E-state index is 0.0330. The molecule has 0 bridgehead atoms. The fourth-order valence-corrected chi connectivity index (χ4v) is 3.77. The molecule has 0 radical (unpaired) electrons. The highest BCUT2D eigenvalue weighted by Crippen LogP contribution is 2.24. The number of carbonyl (C=O) groups excluding carboxylic acids is 1. The summed E-state index contributed by atoms with van der Waals surface area (Å²) in [6, 6.07) is 7.11. The van der Waals surface area contributed by atoms with Crippen LogP contribution in [0.15, 0.2) is 33.8 Å². The zero-order valence-corrected chi connectivity index (χ0v) is 13.8. The maximum absolute atomic E-state index is 11.8. The van der Waals surface area contributed by atoms with Crippen LogP contribution in [0.3, 0.4) is 0 Å². The number of hydrogen-bond acceptors (Lipinski definition) is 6. The predicted octanol–water partition coefficient (Wildman–Crippen LogP) is 4.03. The molecule has 8 heteroatoms. The van der Waals surface area contributed by atoms with Gasteiger partial charge in [0, 0.05) is 22.9 Å². The molecule has 0 atom stereocenters. The number of aromatic nitrogens is 2. The lowest BCUT2D eigenvalue weighted by Crippen LogP contribution is -2.11. The highest BCUT2D eigenvalue weighted by molar-refractivity contribution is 8.01. The largest absolute Gasteiger partial charge is 0.326 e. The molecule has 2 rings (SSSR count). The van der Waals surface area contributed by atoms with E-state index in [2.05, 4.69) is 14.7 Å². The quantitative estimate of drug-likeness (QED) is 0.801. The molecule has 1 aromatic heterocycles. The summed E-state index contributed by atoms with van der Waals surface area (Å²) in [5.41, 5.74) is 0.716. The zero-order valence-electron chi connectivity index (χ0n) is 10.6. The van der Waals surface area contributed by atoms with Crippen molar-refractivity contribution < 1.29 is 4.79 Å². The molecule has 0 saturated heterocycles. The van der Waals surface area contributed by atoms with Crippen LogP contribution < -0.4 is 5.32 Å². The maximum Gasteiger partial charge on any atom is 0.225 e. The fraction of sp³-hybridized carbons (Fsp3) is 0.250. The number of carbonyl (C=O) groups is 1. The first-order chi connectivity index (χ1) is 9.67. The summed E-state index contributed by atoms with van der Waals surface area (Å²) in [5.74, 6) is 0.643. The van der Waals surface area contributed by atoms with Gasteiger partial charge in [-0.05, 0) is 36.0 Å². The summed E-state index contributed by atoms with van der Waals surface area (Å²) in [4.78, 5) is 16.1. The Balaban J connectivity index is 1.75. The highest BCUT2D eigenvalue weighted by atomic mass is 35.5. The molecule has 20 heavy (non-hydrogen) atoms. The second kappa shape index (κ2) is 7.87. The minimum Gasteiger partial charge on any atom is -0.326 e. The maximum atomic E-state index is 11.8. The van der Waals surface area contributed by atoms with Crippen LogP contribution >= 0.6 is 46.7 Å². The number of nitrogens with one attached hydrogen (secondary N) is 1. The number of nitrogens with zero attached hydrogens (tertiary/aromatic N) is 2. The van der Waals surface area contributed by atoms with Crippen LogP contribution in [0.25, 0.3) is 0 Å². The van der Waals surface area contributed by atoms with Crippen LogP contribution in [0.4, 0.5) is 5.69 Å². The molecule has 4 nitrogen and oxygen atoms in total. The molecular formula is C12H12ClN3OS3. The summed E-state index contributed by atoms with van der Waals surface area (Å²) in [6.45, 7) is 0. The SMILES string of the molecule is CSc1nsc(SCCC(=O)Nc2cccc(Cl)c2)n1. The van der Waals surface area contributed by atoms with E-state index in [0.29, 0.717) is 22.9 Å². The Morgan fingerprint density at radius 3 is 3.05 bits per heavy atom. The molecule has 0 aliphatic heterocycles. The third kappa shape index (κ3) is 4.97. The van der Waals surface area contributed by atoms with Gasteiger partial charge in [-0.1, -0.05) is 41.2 Å². The molecule has 0 fully saturated rings. The summed E-state index contributed by atoms with van der Waals surface area (Å²) >= 11 is 10.3. The lowest BCUT2D eigenvalue weighted by atomic mass is 10.3. The standard InChI is InChI=1S/C12H12ClN3OS3/c1-18-11-15-12(20-16-11)19-6-5-10(17)14-9-4-2-3-8(13)7-9/h2-4,7H,5-6H2,1H3,(H,14,17). The van der Waals surface area contributed by atoms with Crippen molar-refractivity contribution in [2.75, 3.05) is 17.3 Å². The molecule has 1 heterocycles. The van der Waals surface area contributed by atoms with Gasteiger partial charge in [0.1, 0.15) is 0 Å². The first-order valence-corrected chi connectivity index (χ1v) is 9.09. The van der Waals surface area contributed by atoms with Gasteiger partial charge < -0.3 is 5.32 Å². The molecule has 1 amide bonds. The summed E-state index contributed by atoms with van der Waals surface area (Å²) in [5, 5.41) is 4.20. The van der Waals surface area contributed by atoms with Gasteiger partial charge in [-0.2, -0.15) is 4.37 Å². The summed E-state index contributed by atoms with van der Waals surface area (Å²) in [6.07, 6.45) is 2.36. The first-order valence-electron chi connectivity index (χ1n) is 5.73. The van der Waals surface area contributed by atoms with E-state index >= 15 is 0 Å². The Morgan fingerprint density at radius 2 is 2.35 bits per heavy atom. The van der Waals surface area contributed by atoms with Crippen LogP contribution in [0, 0.1) is 0 Å². The molecule has 0 unspecified atom stereocenters. The Bertz CT molecular complexity index is 591. The lowest BCUT2D eigenvalue weighted by Gasteiger charge is -2.04. The number of amides is 1. The van der Waals surface area contributed by atoms with Gasteiger partial charge in [-0.15, -0.1) is 0 Å². The molecular weight excluding hydrogens is 334 g/mol. The number of anilines is 1. The van der Waals surface area contributed by atoms with Crippen LogP contribution in [-0.4, -0.2) is 27.3 Å². The van der Waals surface area contributed by atoms with Crippen LogP contribution in [0.2, 0.25) is 5.02 Å². The van der Waals surface area contributed by atoms with Crippen molar-refractivity contribution in [2.45, 2.75) is 15.9 Å². The molecule has 1 aromatic carbocycles. The Labute approximate surface area is 134 Å². The van der Waals surface area contributed by atoms with Gasteiger partial charge in [0.2, 0.25) is 11.1 Å². The number of thioether (sulfide) groups is 2. The average molecular weight is 346 g/mol. The molecule has 0 aliphatic rings. The second-order valence-electron chi connectivity index (χ2n) is 3.70. The van der Waals surface area contributed by atoms with Crippen molar-refractivity contribution in [3.05, 3.63) is 29.3 Å². The molecule has 0 saturated carbocycles. The van der Waals surface area contributed by atoms with Crippen molar-refractivity contribution >= 4 is 58.3 Å². The van der Waals surface area contributed by atoms with E-state index in [1.807, 2.05) is 12.3 Å². The van der Waals surface area contributed by atoms with Crippen molar-refractivity contribution in [1.82, 2.24) is 9.36 Å². The van der Waals surface area contributed by atoms with E-state index in [0.717, 1.165) is 9.50 Å². The molecule has 106 valence electrons. The van der Waals surface area contributed by atoms with E-state index < -0.39 is 0 Å². The van der Waals surface area contributed by atoms with E-state index in [1.54, 1.807) is 30.0 Å². The van der Waals surface area contributed by atoms with E-state index in [-0.39, 0.29) is 5.91 Å². The number of rotatable bonds is 6. The highest BCUT2D eigenvalue weighted by Gasteiger charge is 2.06. The number of benzene rings is 1. The van der Waals surface area contributed by atoms with Crippen molar-refractivity contribution in [1.29, 1.82) is 0 Å². The summed E-state index contributed by atoms with van der Waals surface area (Å²) in [7, 11) is 0. The zero-order chi connectivity index (χ0) is 14.4. The van der Waals surface area contributed by atoms with E-state index in [4.69, 9.17) is 11.6 Å². The summed E-state index contributed by atoms with van der Waals surface area (Å²) < 4.78 is 5.06. The molecule has 0 spiro atoms. The monoisotopic (exact) mass is 345 g/mol. The minimum atomic E-state index is -0.0330. The number of hydrogen-bond donors (Lipinski definition) is 1. The first kappa shape index (κ1) is 15.6. The van der Waals surface area contributed by atoms with Gasteiger partial charge in [-0.3, -0.25) is 4.79 Å². The molecule has 2 aromatic rings. The predicted molar refractivity (Wildman–Crippen MR) is 87.1 cm³/mol. The Morgan fingerprint density at radius 1 is 1.50 bits per heavy atom. The third-order valence-electron chi connectivity index (χ3n) is 2.23. The van der Waals surface area contributed by atoms with Gasteiger partial charge in [-0.25, -0.2) is 4.98 Å². The van der Waals surface area contributed by atoms with Gasteiger partial charge in [0.25, 0.3) is 0 Å².